The van der Waals surface area contributed by atoms with Crippen molar-refractivity contribution in [1.82, 2.24) is 10.3 Å². The third kappa shape index (κ3) is 3.52. The van der Waals surface area contributed by atoms with E-state index in [4.69, 9.17) is 10.8 Å². The Morgan fingerprint density at radius 1 is 1.59 bits per heavy atom. The third-order valence-corrected chi connectivity index (χ3v) is 2.89. The highest BCUT2D eigenvalue weighted by atomic mass is 32.1. The quantitative estimate of drug-likeness (QED) is 0.657. The molecule has 1 rings (SSSR count). The minimum absolute atomic E-state index is 0.320. The van der Waals surface area contributed by atoms with Crippen LogP contribution in [0.2, 0.25) is 0 Å². The van der Waals surface area contributed by atoms with Crippen molar-refractivity contribution >= 4 is 29.1 Å². The number of carboxylic acids is 1. The van der Waals surface area contributed by atoms with Crippen LogP contribution < -0.4 is 11.1 Å². The van der Waals surface area contributed by atoms with E-state index in [0.29, 0.717) is 10.6 Å². The molecule has 1 aromatic rings. The van der Waals surface area contributed by atoms with Crippen LogP contribution >= 0.6 is 11.3 Å². The largest absolute Gasteiger partial charge is 0.480 e. The maximum absolute atomic E-state index is 11.7. The third-order valence-electron chi connectivity index (χ3n) is 1.96. The predicted molar refractivity (Wildman–Crippen MR) is 59.6 cm³/mol. The fourth-order valence-corrected chi connectivity index (χ4v) is 1.85. The fourth-order valence-electron chi connectivity index (χ4n) is 1.14. The molecule has 0 bridgehead atoms. The van der Waals surface area contributed by atoms with Gasteiger partial charge in [-0.3, -0.25) is 9.59 Å². The number of rotatable bonds is 5. The molecule has 0 unspecified atom stereocenters. The van der Waals surface area contributed by atoms with Gasteiger partial charge in [-0.05, 0) is 6.92 Å². The summed E-state index contributed by atoms with van der Waals surface area (Å²) >= 11 is 1.10. The van der Waals surface area contributed by atoms with Crippen LogP contribution in [0.4, 0.5) is 0 Å². The Kier molecular flexibility index (Phi) is 4.16. The van der Waals surface area contributed by atoms with E-state index >= 15 is 0 Å². The summed E-state index contributed by atoms with van der Waals surface area (Å²) in [5.74, 6) is -2.67. The van der Waals surface area contributed by atoms with Gasteiger partial charge in [0.1, 0.15) is 10.9 Å². The van der Waals surface area contributed by atoms with Crippen LogP contribution in [-0.2, 0) is 9.59 Å². The van der Waals surface area contributed by atoms with E-state index in [2.05, 4.69) is 10.3 Å². The number of aliphatic carboxylic acids is 1. The van der Waals surface area contributed by atoms with E-state index < -0.39 is 30.2 Å². The van der Waals surface area contributed by atoms with Gasteiger partial charge in [-0.15, -0.1) is 11.3 Å². The molecule has 8 heteroatoms. The smallest absolute Gasteiger partial charge is 0.326 e. The Hall–Kier alpha value is -1.96. The van der Waals surface area contributed by atoms with Crippen molar-refractivity contribution in [2.24, 2.45) is 5.73 Å². The molecule has 0 aliphatic carbocycles. The van der Waals surface area contributed by atoms with Gasteiger partial charge in [-0.1, -0.05) is 0 Å². The molecular formula is C9H11N3O4S. The summed E-state index contributed by atoms with van der Waals surface area (Å²) in [6.45, 7) is 1.63. The van der Waals surface area contributed by atoms with Crippen LogP contribution in [0.15, 0.2) is 5.51 Å². The van der Waals surface area contributed by atoms with Crippen LogP contribution in [-0.4, -0.2) is 33.9 Å². The number of nitrogens with two attached hydrogens (primary N) is 1. The fraction of sp³-hybridized carbons (Fsp3) is 0.333. The molecule has 0 radical (unpaired) electrons. The second-order valence-electron chi connectivity index (χ2n) is 3.30. The SMILES string of the molecule is Cc1ncsc1C(=O)N[C@@H](CC(N)=O)C(=O)O. The van der Waals surface area contributed by atoms with E-state index in [-0.39, 0.29) is 0 Å². The summed E-state index contributed by atoms with van der Waals surface area (Å²) in [5, 5.41) is 11.0. The zero-order valence-electron chi connectivity index (χ0n) is 8.97. The first-order valence-corrected chi connectivity index (χ1v) is 5.52. The highest BCUT2D eigenvalue weighted by Gasteiger charge is 2.24. The van der Waals surface area contributed by atoms with Crippen LogP contribution in [0, 0.1) is 6.92 Å². The van der Waals surface area contributed by atoms with Gasteiger partial charge in [0, 0.05) is 0 Å². The molecule has 7 nitrogen and oxygen atoms in total. The number of thiazole rings is 1. The van der Waals surface area contributed by atoms with Gasteiger partial charge in [0.2, 0.25) is 5.91 Å². The van der Waals surface area contributed by atoms with E-state index in [1.54, 1.807) is 6.92 Å². The lowest BCUT2D eigenvalue weighted by molar-refractivity contribution is -0.140. The maximum atomic E-state index is 11.7. The Morgan fingerprint density at radius 2 is 2.24 bits per heavy atom. The standard InChI is InChI=1S/C9H11N3O4S/c1-4-7(17-3-11-4)8(14)12-5(9(15)16)2-6(10)13/h3,5H,2H2,1H3,(H2,10,13)(H,12,14)(H,15,16)/t5-/m0/s1. The van der Waals surface area contributed by atoms with Crippen LogP contribution in [0.1, 0.15) is 21.8 Å². The lowest BCUT2D eigenvalue weighted by Crippen LogP contribution is -2.43. The summed E-state index contributed by atoms with van der Waals surface area (Å²) in [4.78, 5) is 37.3. The summed E-state index contributed by atoms with van der Waals surface area (Å²) in [6.07, 6.45) is -0.446. The first kappa shape index (κ1) is 13.1. The molecule has 1 heterocycles. The van der Waals surface area contributed by atoms with Gasteiger partial charge < -0.3 is 16.2 Å². The number of carbonyl (C=O) groups is 3. The average Bonchev–Trinajstić information content (AvgIpc) is 2.62. The summed E-state index contributed by atoms with van der Waals surface area (Å²) < 4.78 is 0. The predicted octanol–water partition coefficient (Wildman–Crippen LogP) is -0.490. The monoisotopic (exact) mass is 257 g/mol. The van der Waals surface area contributed by atoms with Crippen molar-refractivity contribution < 1.29 is 19.5 Å². The van der Waals surface area contributed by atoms with Crippen LogP contribution in [0.25, 0.3) is 0 Å². The van der Waals surface area contributed by atoms with E-state index in [1.165, 1.54) is 5.51 Å². The highest BCUT2D eigenvalue weighted by molar-refractivity contribution is 7.11. The van der Waals surface area contributed by atoms with Crippen molar-refractivity contribution in [3.8, 4) is 0 Å². The number of nitrogens with one attached hydrogen (secondary N) is 1. The molecule has 92 valence electrons. The normalized spacial score (nSPS) is 11.8. The number of primary amides is 1. The van der Waals surface area contributed by atoms with Crippen molar-refractivity contribution in [3.63, 3.8) is 0 Å². The number of amides is 2. The molecule has 0 fully saturated rings. The first-order chi connectivity index (χ1) is 7.91. The summed E-state index contributed by atoms with van der Waals surface area (Å²) in [7, 11) is 0. The molecule has 17 heavy (non-hydrogen) atoms. The van der Waals surface area contributed by atoms with Crippen molar-refractivity contribution in [1.29, 1.82) is 0 Å². The van der Waals surface area contributed by atoms with E-state index in [0.717, 1.165) is 11.3 Å². The van der Waals surface area contributed by atoms with Gasteiger partial charge >= 0.3 is 5.97 Å². The molecule has 0 saturated heterocycles. The zero-order valence-corrected chi connectivity index (χ0v) is 9.78. The molecule has 2 amide bonds. The molecule has 1 atom stereocenters. The van der Waals surface area contributed by atoms with Gasteiger partial charge in [0.25, 0.3) is 5.91 Å². The molecule has 0 aliphatic rings. The van der Waals surface area contributed by atoms with Crippen molar-refractivity contribution in [2.75, 3.05) is 0 Å². The van der Waals surface area contributed by atoms with Crippen LogP contribution in [0.5, 0.6) is 0 Å². The van der Waals surface area contributed by atoms with Crippen molar-refractivity contribution in [2.45, 2.75) is 19.4 Å². The van der Waals surface area contributed by atoms with Crippen molar-refractivity contribution in [3.05, 3.63) is 16.1 Å². The van der Waals surface area contributed by atoms with E-state index in [9.17, 15) is 14.4 Å². The minimum atomic E-state index is -1.32. The maximum Gasteiger partial charge on any atom is 0.326 e. The average molecular weight is 257 g/mol. The van der Waals surface area contributed by atoms with Gasteiger partial charge in [-0.25, -0.2) is 9.78 Å². The summed E-state index contributed by atoms with van der Waals surface area (Å²) in [5.41, 5.74) is 6.88. The molecule has 1 aromatic heterocycles. The minimum Gasteiger partial charge on any atom is -0.480 e. The number of hydrogen-bond donors (Lipinski definition) is 3. The molecule has 0 aromatic carbocycles. The molecule has 0 spiro atoms. The number of hydrogen-bond acceptors (Lipinski definition) is 5. The molecule has 0 aliphatic heterocycles. The number of aryl methyl sites for hydroxylation is 1. The van der Waals surface area contributed by atoms with Gasteiger partial charge in [0.05, 0.1) is 17.6 Å². The lowest BCUT2D eigenvalue weighted by Gasteiger charge is -2.11. The lowest BCUT2D eigenvalue weighted by atomic mass is 10.2. The Labute approximate surface area is 101 Å². The molecule has 0 saturated carbocycles. The first-order valence-electron chi connectivity index (χ1n) is 4.64. The number of carboxylic acid groups (broad SMARTS) is 1. The van der Waals surface area contributed by atoms with Crippen LogP contribution in [0.3, 0.4) is 0 Å². The van der Waals surface area contributed by atoms with Gasteiger partial charge in [-0.2, -0.15) is 0 Å². The number of carbonyl (C=O) groups excluding carboxylic acids is 2. The molecule has 4 N–H and O–H groups in total. The Bertz CT molecular complexity index is 457. The second-order valence-corrected chi connectivity index (χ2v) is 4.16. The zero-order chi connectivity index (χ0) is 13.0. The second kappa shape index (κ2) is 5.39. The topological polar surface area (TPSA) is 122 Å². The Balaban J connectivity index is 2.74. The van der Waals surface area contributed by atoms with Gasteiger partial charge in [0.15, 0.2) is 0 Å². The Morgan fingerprint density at radius 3 is 2.65 bits per heavy atom. The molecular weight excluding hydrogens is 246 g/mol. The summed E-state index contributed by atoms with van der Waals surface area (Å²) in [6, 6.07) is -1.32. The number of aromatic nitrogens is 1. The number of nitrogens with zero attached hydrogens (tertiary/aromatic N) is 1. The van der Waals surface area contributed by atoms with E-state index in [1.807, 2.05) is 0 Å². The highest BCUT2D eigenvalue weighted by Crippen LogP contribution is 2.12.